The summed E-state index contributed by atoms with van der Waals surface area (Å²) < 4.78 is 5.24. The molecular weight excluding hydrogens is 236 g/mol. The lowest BCUT2D eigenvalue weighted by atomic mass is 10.3. The van der Waals surface area contributed by atoms with Crippen molar-refractivity contribution in [1.82, 2.24) is 9.27 Å². The molecule has 1 rings (SSSR count). The van der Waals surface area contributed by atoms with Gasteiger partial charge < -0.3 is 4.90 Å². The van der Waals surface area contributed by atoms with Crippen LogP contribution in [0.1, 0.15) is 10.4 Å². The summed E-state index contributed by atoms with van der Waals surface area (Å²) in [7, 11) is 3.52. The molecular formula is C8H12N2OS3. The number of carbonyl (C=O) groups is 1. The molecule has 78 valence electrons. The first-order valence-electron chi connectivity index (χ1n) is 3.91. The summed E-state index contributed by atoms with van der Waals surface area (Å²) in [5, 5.41) is 0.832. The highest BCUT2D eigenvalue weighted by Gasteiger charge is 2.21. The highest BCUT2D eigenvalue weighted by molar-refractivity contribution is 8.01. The van der Waals surface area contributed by atoms with E-state index in [1.165, 1.54) is 23.3 Å². The standard InChI is InChI=1S/C8H12N2OS3/c1-10(2)7(11)5-6(12-3)9-14-8(5)13-4/h1-4H3. The summed E-state index contributed by atoms with van der Waals surface area (Å²) >= 11 is 4.48. The molecule has 6 heteroatoms. The molecule has 1 heterocycles. The fraction of sp³-hybridized carbons (Fsp3) is 0.500. The van der Waals surface area contributed by atoms with Gasteiger partial charge in [-0.3, -0.25) is 4.79 Å². The van der Waals surface area contributed by atoms with Crippen LogP contribution < -0.4 is 0 Å². The zero-order chi connectivity index (χ0) is 10.7. The molecule has 1 amide bonds. The fourth-order valence-corrected chi connectivity index (χ4v) is 3.21. The molecule has 14 heavy (non-hydrogen) atoms. The molecule has 0 radical (unpaired) electrons. The van der Waals surface area contributed by atoms with Crippen LogP contribution in [-0.2, 0) is 0 Å². The van der Waals surface area contributed by atoms with Gasteiger partial charge in [-0.15, -0.1) is 23.5 Å². The van der Waals surface area contributed by atoms with E-state index in [9.17, 15) is 4.79 Å². The third-order valence-electron chi connectivity index (χ3n) is 1.63. The Hall–Kier alpha value is -0.200. The summed E-state index contributed by atoms with van der Waals surface area (Å²) in [4.78, 5) is 13.4. The van der Waals surface area contributed by atoms with Crippen molar-refractivity contribution < 1.29 is 4.79 Å². The number of aromatic nitrogens is 1. The maximum absolute atomic E-state index is 11.8. The molecule has 0 saturated heterocycles. The van der Waals surface area contributed by atoms with E-state index in [0.717, 1.165) is 14.8 Å². The van der Waals surface area contributed by atoms with Crippen molar-refractivity contribution in [2.45, 2.75) is 9.24 Å². The molecule has 0 aromatic carbocycles. The summed E-state index contributed by atoms with van der Waals surface area (Å²) in [5.74, 6) is 0.0347. The van der Waals surface area contributed by atoms with Crippen LogP contribution in [0.3, 0.4) is 0 Å². The third kappa shape index (κ3) is 2.24. The van der Waals surface area contributed by atoms with E-state index in [1.807, 2.05) is 12.5 Å². The molecule has 0 N–H and O–H groups in total. The van der Waals surface area contributed by atoms with E-state index < -0.39 is 0 Å². The Morgan fingerprint density at radius 3 is 2.43 bits per heavy atom. The number of thioether (sulfide) groups is 2. The summed E-state index contributed by atoms with van der Waals surface area (Å²) in [6.45, 7) is 0. The maximum Gasteiger partial charge on any atom is 0.258 e. The third-order valence-corrected chi connectivity index (χ3v) is 4.37. The van der Waals surface area contributed by atoms with Gasteiger partial charge in [0.1, 0.15) is 5.03 Å². The minimum atomic E-state index is 0.0347. The van der Waals surface area contributed by atoms with Gasteiger partial charge in [-0.25, -0.2) is 0 Å². The molecule has 0 aliphatic carbocycles. The first-order chi connectivity index (χ1) is 6.61. The average molecular weight is 248 g/mol. The van der Waals surface area contributed by atoms with E-state index in [1.54, 1.807) is 30.8 Å². The van der Waals surface area contributed by atoms with Gasteiger partial charge in [0, 0.05) is 14.1 Å². The second kappa shape index (κ2) is 5.04. The zero-order valence-corrected chi connectivity index (χ0v) is 11.0. The van der Waals surface area contributed by atoms with E-state index in [4.69, 9.17) is 0 Å². The van der Waals surface area contributed by atoms with Crippen LogP contribution in [0.15, 0.2) is 9.24 Å². The molecule has 0 bridgehead atoms. The molecule has 0 atom stereocenters. The first kappa shape index (κ1) is 11.9. The summed E-state index contributed by atoms with van der Waals surface area (Å²) in [6, 6.07) is 0. The lowest BCUT2D eigenvalue weighted by molar-refractivity contribution is 0.0821. The van der Waals surface area contributed by atoms with Crippen LogP contribution in [-0.4, -0.2) is 41.8 Å². The minimum absolute atomic E-state index is 0.0347. The predicted molar refractivity (Wildman–Crippen MR) is 63.7 cm³/mol. The molecule has 0 aliphatic heterocycles. The maximum atomic E-state index is 11.8. The number of nitrogens with zero attached hydrogens (tertiary/aromatic N) is 2. The average Bonchev–Trinajstić information content (AvgIpc) is 2.58. The van der Waals surface area contributed by atoms with E-state index >= 15 is 0 Å². The van der Waals surface area contributed by atoms with Gasteiger partial charge in [0.25, 0.3) is 5.91 Å². The fourth-order valence-electron chi connectivity index (χ4n) is 0.943. The highest BCUT2D eigenvalue weighted by atomic mass is 32.2. The van der Waals surface area contributed by atoms with Crippen molar-refractivity contribution in [3.05, 3.63) is 5.56 Å². The van der Waals surface area contributed by atoms with Gasteiger partial charge in [0.2, 0.25) is 0 Å². The predicted octanol–water partition coefficient (Wildman–Crippen LogP) is 2.29. The number of hydrogen-bond donors (Lipinski definition) is 0. The second-order valence-electron chi connectivity index (χ2n) is 2.76. The highest BCUT2D eigenvalue weighted by Crippen LogP contribution is 2.33. The SMILES string of the molecule is CSc1nsc(SC)c1C(=O)N(C)C. The van der Waals surface area contributed by atoms with Gasteiger partial charge in [-0.1, -0.05) is 0 Å². The van der Waals surface area contributed by atoms with Crippen molar-refractivity contribution in [2.75, 3.05) is 26.6 Å². The van der Waals surface area contributed by atoms with Crippen molar-refractivity contribution >= 4 is 41.0 Å². The quantitative estimate of drug-likeness (QED) is 0.769. The topological polar surface area (TPSA) is 33.2 Å². The Morgan fingerprint density at radius 2 is 2.00 bits per heavy atom. The van der Waals surface area contributed by atoms with Crippen LogP contribution in [0.2, 0.25) is 0 Å². The van der Waals surface area contributed by atoms with Crippen molar-refractivity contribution in [3.8, 4) is 0 Å². The Kier molecular flexibility index (Phi) is 4.28. The Bertz CT molecular complexity index is 314. The van der Waals surface area contributed by atoms with Gasteiger partial charge >= 0.3 is 0 Å². The van der Waals surface area contributed by atoms with Crippen LogP contribution in [0.25, 0.3) is 0 Å². The first-order valence-corrected chi connectivity index (χ1v) is 7.13. The molecule has 3 nitrogen and oxygen atoms in total. The zero-order valence-electron chi connectivity index (χ0n) is 8.53. The molecule has 1 aromatic rings. The van der Waals surface area contributed by atoms with Crippen molar-refractivity contribution in [2.24, 2.45) is 0 Å². The number of hydrogen-bond acceptors (Lipinski definition) is 5. The number of rotatable bonds is 3. The number of amides is 1. The van der Waals surface area contributed by atoms with Crippen LogP contribution in [0, 0.1) is 0 Å². The lowest BCUT2D eigenvalue weighted by Gasteiger charge is -2.10. The van der Waals surface area contributed by atoms with Gasteiger partial charge in [0.05, 0.1) is 9.77 Å². The summed E-state index contributed by atoms with van der Waals surface area (Å²) in [5.41, 5.74) is 0.750. The molecule has 0 aliphatic rings. The van der Waals surface area contributed by atoms with Crippen LogP contribution >= 0.6 is 35.1 Å². The minimum Gasteiger partial charge on any atom is -0.345 e. The van der Waals surface area contributed by atoms with Crippen molar-refractivity contribution in [3.63, 3.8) is 0 Å². The smallest absolute Gasteiger partial charge is 0.258 e. The van der Waals surface area contributed by atoms with E-state index in [0.29, 0.717) is 0 Å². The molecule has 0 unspecified atom stereocenters. The van der Waals surface area contributed by atoms with Crippen LogP contribution in [0.4, 0.5) is 0 Å². The van der Waals surface area contributed by atoms with Gasteiger partial charge in [-0.05, 0) is 24.0 Å². The van der Waals surface area contributed by atoms with Gasteiger partial charge in [-0.2, -0.15) is 4.37 Å². The summed E-state index contributed by atoms with van der Waals surface area (Å²) in [6.07, 6.45) is 3.90. The molecule has 0 fully saturated rings. The Morgan fingerprint density at radius 1 is 1.36 bits per heavy atom. The van der Waals surface area contributed by atoms with Gasteiger partial charge in [0.15, 0.2) is 0 Å². The van der Waals surface area contributed by atoms with E-state index in [2.05, 4.69) is 4.37 Å². The Labute approximate surface area is 96.4 Å². The van der Waals surface area contributed by atoms with Crippen molar-refractivity contribution in [1.29, 1.82) is 0 Å². The molecule has 0 saturated carbocycles. The normalized spacial score (nSPS) is 10.3. The van der Waals surface area contributed by atoms with E-state index in [-0.39, 0.29) is 5.91 Å². The lowest BCUT2D eigenvalue weighted by Crippen LogP contribution is -2.22. The second-order valence-corrected chi connectivity index (χ2v) is 5.40. The van der Waals surface area contributed by atoms with Crippen LogP contribution in [0.5, 0.6) is 0 Å². The monoisotopic (exact) mass is 248 g/mol. The Balaban J connectivity index is 3.14. The molecule has 1 aromatic heterocycles. The largest absolute Gasteiger partial charge is 0.345 e. The number of carbonyl (C=O) groups excluding carboxylic acids is 1. The molecule has 0 spiro atoms.